The van der Waals surface area contributed by atoms with Crippen LogP contribution in [0.1, 0.15) is 17.4 Å². The summed E-state index contributed by atoms with van der Waals surface area (Å²) < 4.78 is 34.5. The molecule has 168 valence electrons. The zero-order valence-corrected chi connectivity index (χ0v) is 18.8. The van der Waals surface area contributed by atoms with Gasteiger partial charge in [0.25, 0.3) is 5.91 Å². The molecule has 3 aromatic rings. The standard InChI is InChI=1S/C23H25N3O5S/c1-3-32(28,29)20-10-4-17(5-11-20)22-16-21(24-31-22)23(27)26-14-12-25(13-15-26)18-6-8-19(30-2)9-7-18/h4-11,16H,3,12-15H2,1-2H3. The second-order valence-electron chi connectivity index (χ2n) is 7.48. The fourth-order valence-electron chi connectivity index (χ4n) is 3.63. The lowest BCUT2D eigenvalue weighted by Crippen LogP contribution is -2.48. The van der Waals surface area contributed by atoms with Gasteiger partial charge < -0.3 is 19.1 Å². The Morgan fingerprint density at radius 3 is 2.28 bits per heavy atom. The predicted molar refractivity (Wildman–Crippen MR) is 121 cm³/mol. The van der Waals surface area contributed by atoms with Crippen molar-refractivity contribution >= 4 is 21.4 Å². The topological polar surface area (TPSA) is 93.0 Å². The molecule has 0 spiro atoms. The van der Waals surface area contributed by atoms with Crippen molar-refractivity contribution in [1.29, 1.82) is 0 Å². The molecular weight excluding hydrogens is 430 g/mol. The van der Waals surface area contributed by atoms with Gasteiger partial charge in [0, 0.05) is 43.5 Å². The number of rotatable bonds is 6. The Balaban J connectivity index is 1.40. The van der Waals surface area contributed by atoms with Gasteiger partial charge in [-0.3, -0.25) is 4.79 Å². The van der Waals surface area contributed by atoms with Gasteiger partial charge in [0.1, 0.15) is 5.75 Å². The number of piperazine rings is 1. The molecule has 32 heavy (non-hydrogen) atoms. The van der Waals surface area contributed by atoms with Crippen LogP contribution in [0.4, 0.5) is 5.69 Å². The van der Waals surface area contributed by atoms with Crippen molar-refractivity contribution in [3.63, 3.8) is 0 Å². The van der Waals surface area contributed by atoms with Crippen LogP contribution in [0.3, 0.4) is 0 Å². The van der Waals surface area contributed by atoms with E-state index in [1.54, 1.807) is 37.1 Å². The molecule has 1 saturated heterocycles. The van der Waals surface area contributed by atoms with Crippen molar-refractivity contribution in [3.8, 4) is 17.1 Å². The van der Waals surface area contributed by atoms with Gasteiger partial charge in [0.05, 0.1) is 17.8 Å². The largest absolute Gasteiger partial charge is 0.497 e. The number of hydrogen-bond acceptors (Lipinski definition) is 7. The number of hydrogen-bond donors (Lipinski definition) is 0. The number of benzene rings is 2. The monoisotopic (exact) mass is 455 g/mol. The lowest BCUT2D eigenvalue weighted by atomic mass is 10.1. The Morgan fingerprint density at radius 2 is 1.69 bits per heavy atom. The third kappa shape index (κ3) is 4.47. The molecule has 8 nitrogen and oxygen atoms in total. The van der Waals surface area contributed by atoms with Crippen molar-refractivity contribution in [2.45, 2.75) is 11.8 Å². The van der Waals surface area contributed by atoms with Crippen LogP contribution in [0.25, 0.3) is 11.3 Å². The number of nitrogens with zero attached hydrogens (tertiary/aromatic N) is 3. The first-order valence-electron chi connectivity index (χ1n) is 10.4. The van der Waals surface area contributed by atoms with Crippen molar-refractivity contribution in [2.75, 3.05) is 43.9 Å². The lowest BCUT2D eigenvalue weighted by Gasteiger charge is -2.35. The normalized spacial score (nSPS) is 14.4. The van der Waals surface area contributed by atoms with E-state index in [2.05, 4.69) is 10.1 Å². The summed E-state index contributed by atoms with van der Waals surface area (Å²) in [5, 5.41) is 3.94. The zero-order chi connectivity index (χ0) is 22.7. The molecule has 1 fully saturated rings. The minimum atomic E-state index is -3.27. The number of methoxy groups -OCH3 is 1. The Bertz CT molecular complexity index is 1180. The maximum Gasteiger partial charge on any atom is 0.276 e. The molecule has 0 unspecified atom stereocenters. The van der Waals surface area contributed by atoms with Crippen molar-refractivity contribution in [1.82, 2.24) is 10.1 Å². The summed E-state index contributed by atoms with van der Waals surface area (Å²) in [6, 6.07) is 15.9. The molecule has 0 N–H and O–H groups in total. The van der Waals surface area contributed by atoms with Crippen molar-refractivity contribution in [2.24, 2.45) is 0 Å². The van der Waals surface area contributed by atoms with Crippen LogP contribution in [0.5, 0.6) is 5.75 Å². The smallest absolute Gasteiger partial charge is 0.276 e. The number of aromatic nitrogens is 1. The van der Waals surface area contributed by atoms with Crippen molar-refractivity contribution in [3.05, 3.63) is 60.3 Å². The Hall–Kier alpha value is -3.33. The molecule has 0 aliphatic carbocycles. The van der Waals surface area contributed by atoms with Crippen LogP contribution in [0.15, 0.2) is 64.0 Å². The highest BCUT2D eigenvalue weighted by Gasteiger charge is 2.25. The Morgan fingerprint density at radius 1 is 1.03 bits per heavy atom. The van der Waals surface area contributed by atoms with Gasteiger partial charge in [-0.25, -0.2) is 8.42 Å². The van der Waals surface area contributed by atoms with E-state index in [1.807, 2.05) is 24.3 Å². The minimum Gasteiger partial charge on any atom is -0.497 e. The van der Waals surface area contributed by atoms with Crippen LogP contribution in [0.2, 0.25) is 0 Å². The van der Waals surface area contributed by atoms with Gasteiger partial charge in [0.15, 0.2) is 21.3 Å². The van der Waals surface area contributed by atoms with E-state index in [9.17, 15) is 13.2 Å². The van der Waals surface area contributed by atoms with Gasteiger partial charge in [0.2, 0.25) is 0 Å². The summed E-state index contributed by atoms with van der Waals surface area (Å²) in [4.78, 5) is 17.1. The molecule has 0 bridgehead atoms. The van der Waals surface area contributed by atoms with Crippen molar-refractivity contribution < 1.29 is 22.5 Å². The molecule has 9 heteroatoms. The van der Waals surface area contributed by atoms with Crippen LogP contribution < -0.4 is 9.64 Å². The third-order valence-corrected chi connectivity index (χ3v) is 7.36. The quantitative estimate of drug-likeness (QED) is 0.564. The van der Waals surface area contributed by atoms with E-state index in [0.717, 1.165) is 24.5 Å². The average Bonchev–Trinajstić information content (AvgIpc) is 3.34. The first-order valence-corrected chi connectivity index (χ1v) is 12.0. The molecule has 1 aliphatic heterocycles. The number of carbonyl (C=O) groups excluding carboxylic acids is 1. The molecule has 1 aromatic heterocycles. The molecule has 1 aliphatic rings. The highest BCUT2D eigenvalue weighted by atomic mass is 32.2. The van der Waals surface area contributed by atoms with E-state index in [4.69, 9.17) is 9.26 Å². The number of carbonyl (C=O) groups is 1. The first-order chi connectivity index (χ1) is 15.4. The fourth-order valence-corrected chi connectivity index (χ4v) is 4.51. The third-order valence-electron chi connectivity index (χ3n) is 5.61. The predicted octanol–water partition coefficient (Wildman–Crippen LogP) is 3.11. The summed E-state index contributed by atoms with van der Waals surface area (Å²) >= 11 is 0. The molecule has 4 rings (SSSR count). The zero-order valence-electron chi connectivity index (χ0n) is 18.0. The Kier molecular flexibility index (Phi) is 6.18. The molecule has 0 atom stereocenters. The lowest BCUT2D eigenvalue weighted by molar-refractivity contribution is 0.0736. The summed E-state index contributed by atoms with van der Waals surface area (Å²) in [5.74, 6) is 1.09. The maximum atomic E-state index is 12.9. The molecule has 1 amide bonds. The summed E-state index contributed by atoms with van der Waals surface area (Å²) in [6.07, 6.45) is 0. The highest BCUT2D eigenvalue weighted by Crippen LogP contribution is 2.24. The summed E-state index contributed by atoms with van der Waals surface area (Å²) in [6.45, 7) is 4.20. The molecule has 2 aromatic carbocycles. The van der Waals surface area contributed by atoms with E-state index in [-0.39, 0.29) is 22.2 Å². The number of amides is 1. The SMILES string of the molecule is CCS(=O)(=O)c1ccc(-c2cc(C(=O)N3CCN(c4ccc(OC)cc4)CC3)no2)cc1. The Labute approximate surface area is 187 Å². The van der Waals surface area contributed by atoms with Gasteiger partial charge in [-0.15, -0.1) is 0 Å². The number of ether oxygens (including phenoxy) is 1. The van der Waals surface area contributed by atoms with Crippen LogP contribution in [-0.2, 0) is 9.84 Å². The second kappa shape index (κ2) is 9.04. The van der Waals surface area contributed by atoms with Crippen LogP contribution in [0, 0.1) is 0 Å². The summed E-state index contributed by atoms with van der Waals surface area (Å²) in [7, 11) is -1.63. The molecule has 2 heterocycles. The van der Waals surface area contributed by atoms with E-state index in [0.29, 0.717) is 24.4 Å². The van der Waals surface area contributed by atoms with Gasteiger partial charge >= 0.3 is 0 Å². The van der Waals surface area contributed by atoms with E-state index in [1.165, 1.54) is 12.1 Å². The minimum absolute atomic E-state index is 0.0407. The highest BCUT2D eigenvalue weighted by molar-refractivity contribution is 7.91. The maximum absolute atomic E-state index is 12.9. The molecular formula is C23H25N3O5S. The molecule has 0 saturated carbocycles. The average molecular weight is 456 g/mol. The first kappa shape index (κ1) is 21.9. The number of sulfone groups is 1. The fraction of sp³-hybridized carbons (Fsp3) is 0.304. The van der Waals surface area contributed by atoms with Gasteiger partial charge in [-0.2, -0.15) is 0 Å². The van der Waals surface area contributed by atoms with Crippen LogP contribution >= 0.6 is 0 Å². The van der Waals surface area contributed by atoms with Gasteiger partial charge in [-0.1, -0.05) is 12.1 Å². The summed E-state index contributed by atoms with van der Waals surface area (Å²) in [5.41, 5.74) is 1.99. The van der Waals surface area contributed by atoms with Gasteiger partial charge in [-0.05, 0) is 48.5 Å². The van der Waals surface area contributed by atoms with E-state index >= 15 is 0 Å². The second-order valence-corrected chi connectivity index (χ2v) is 9.76. The van der Waals surface area contributed by atoms with E-state index < -0.39 is 9.84 Å². The number of anilines is 1. The van der Waals surface area contributed by atoms with Crippen LogP contribution in [-0.4, -0.2) is 63.4 Å². The molecule has 0 radical (unpaired) electrons.